The van der Waals surface area contributed by atoms with Crippen molar-refractivity contribution in [2.24, 2.45) is 11.8 Å². The van der Waals surface area contributed by atoms with Gasteiger partial charge < -0.3 is 9.84 Å². The fourth-order valence-corrected chi connectivity index (χ4v) is 6.92. The molecule has 1 N–H and O–H groups in total. The number of nitriles is 1. The van der Waals surface area contributed by atoms with Crippen LogP contribution < -0.4 is 4.74 Å². The van der Waals surface area contributed by atoms with Gasteiger partial charge in [-0.15, -0.1) is 0 Å². The van der Waals surface area contributed by atoms with Gasteiger partial charge in [0.15, 0.2) is 0 Å². The maximum atomic E-state index is 10.1. The molecule has 4 heteroatoms. The number of benzene rings is 2. The summed E-state index contributed by atoms with van der Waals surface area (Å²) >= 11 is 0. The van der Waals surface area contributed by atoms with Crippen LogP contribution in [0.1, 0.15) is 88.8 Å². The van der Waals surface area contributed by atoms with Crippen LogP contribution in [0.2, 0.25) is 0 Å². The van der Waals surface area contributed by atoms with E-state index in [4.69, 9.17) is 4.74 Å². The third kappa shape index (κ3) is 4.31. The van der Waals surface area contributed by atoms with Crippen molar-refractivity contribution in [3.63, 3.8) is 0 Å². The molecule has 0 spiro atoms. The Morgan fingerprint density at radius 2 is 1.79 bits per heavy atom. The van der Waals surface area contributed by atoms with Crippen LogP contribution in [0.3, 0.4) is 0 Å². The molecule has 2 heterocycles. The number of fused-ring (bicyclic) bond motifs is 3. The Bertz CT molecular complexity index is 1080. The zero-order chi connectivity index (χ0) is 23.8. The lowest BCUT2D eigenvalue weighted by atomic mass is 9.86. The van der Waals surface area contributed by atoms with Crippen LogP contribution in [0.15, 0.2) is 42.7 Å². The molecule has 2 aliphatic heterocycles. The van der Waals surface area contributed by atoms with Gasteiger partial charge in [0.1, 0.15) is 17.4 Å². The highest BCUT2D eigenvalue weighted by atomic mass is 16.5. The number of rotatable bonds is 6. The number of hydrogen-bond donors (Lipinski definition) is 1. The van der Waals surface area contributed by atoms with E-state index in [-0.39, 0.29) is 18.1 Å². The van der Waals surface area contributed by atoms with Crippen molar-refractivity contribution in [2.75, 3.05) is 0 Å². The van der Waals surface area contributed by atoms with Crippen molar-refractivity contribution in [1.29, 1.82) is 5.26 Å². The topological polar surface area (TPSA) is 56.5 Å². The number of nitrogens with zero attached hydrogens (tertiary/aromatic N) is 2. The van der Waals surface area contributed by atoms with Gasteiger partial charge in [-0.05, 0) is 87.3 Å². The van der Waals surface area contributed by atoms with Gasteiger partial charge in [0.05, 0.1) is 11.9 Å². The van der Waals surface area contributed by atoms with E-state index in [0.29, 0.717) is 23.4 Å². The Labute approximate surface area is 204 Å². The molecule has 34 heavy (non-hydrogen) atoms. The second-order valence-corrected chi connectivity index (χ2v) is 10.9. The van der Waals surface area contributed by atoms with Gasteiger partial charge in [-0.2, -0.15) is 5.26 Å². The molecule has 2 aromatic rings. The molecule has 1 aliphatic carbocycles. The van der Waals surface area contributed by atoms with E-state index in [1.54, 1.807) is 0 Å². The van der Waals surface area contributed by atoms with E-state index < -0.39 is 0 Å². The van der Waals surface area contributed by atoms with E-state index in [1.807, 2.05) is 6.07 Å². The smallest absolute Gasteiger partial charge is 0.138 e. The first-order chi connectivity index (χ1) is 16.5. The molecule has 180 valence electrons. The van der Waals surface area contributed by atoms with Crippen LogP contribution in [0.4, 0.5) is 0 Å². The Kier molecular flexibility index (Phi) is 6.58. The first-order valence-electron chi connectivity index (χ1n) is 13.3. The lowest BCUT2D eigenvalue weighted by Gasteiger charge is -2.42. The summed E-state index contributed by atoms with van der Waals surface area (Å²) in [6.45, 7) is 8.38. The number of ether oxygens (including phenoxy) is 1. The van der Waals surface area contributed by atoms with E-state index in [0.717, 1.165) is 48.1 Å². The molecule has 3 aliphatic rings. The highest BCUT2D eigenvalue weighted by Crippen LogP contribution is 2.45. The predicted octanol–water partition coefficient (Wildman–Crippen LogP) is 7.43. The van der Waals surface area contributed by atoms with Crippen LogP contribution >= 0.6 is 0 Å². The number of aliphatic hydroxyl groups is 1. The summed E-state index contributed by atoms with van der Waals surface area (Å²) in [4.78, 5) is 2.65. The number of allylic oxidation sites excluding steroid dienone is 1. The minimum absolute atomic E-state index is 0.215. The van der Waals surface area contributed by atoms with Gasteiger partial charge in [0, 0.05) is 29.4 Å². The van der Waals surface area contributed by atoms with Crippen molar-refractivity contribution < 1.29 is 9.84 Å². The van der Waals surface area contributed by atoms with Gasteiger partial charge >= 0.3 is 0 Å². The van der Waals surface area contributed by atoms with E-state index in [1.165, 1.54) is 37.7 Å². The molecular weight excluding hydrogens is 420 g/mol. The van der Waals surface area contributed by atoms with Gasteiger partial charge in [0.25, 0.3) is 0 Å². The molecule has 1 saturated carbocycles. The van der Waals surface area contributed by atoms with Crippen LogP contribution in [0.5, 0.6) is 5.75 Å². The van der Waals surface area contributed by atoms with Crippen LogP contribution in [0.25, 0.3) is 10.8 Å². The Morgan fingerprint density at radius 3 is 2.41 bits per heavy atom. The van der Waals surface area contributed by atoms with Gasteiger partial charge in [-0.1, -0.05) is 38.1 Å². The molecule has 3 fully saturated rings. The average Bonchev–Trinajstić information content (AvgIpc) is 3.12. The van der Waals surface area contributed by atoms with Gasteiger partial charge in [-0.3, -0.25) is 4.90 Å². The molecule has 2 aromatic carbocycles. The SMILES string of the molecule is C=C(O)C1CC2CCC(C1)N2C(C)c1ccc2ccc(O[C@H]3CC[C@@H](CC)CC3)c(C#N)c2c1. The third-order valence-corrected chi connectivity index (χ3v) is 8.97. The van der Waals surface area contributed by atoms with Crippen molar-refractivity contribution in [1.82, 2.24) is 4.90 Å². The molecule has 0 amide bonds. The largest absolute Gasteiger partial charge is 0.513 e. The summed E-state index contributed by atoms with van der Waals surface area (Å²) in [5.74, 6) is 2.15. The third-order valence-electron chi connectivity index (χ3n) is 8.97. The predicted molar refractivity (Wildman–Crippen MR) is 137 cm³/mol. The molecule has 3 unspecified atom stereocenters. The minimum Gasteiger partial charge on any atom is -0.513 e. The fraction of sp³-hybridized carbons (Fsp3) is 0.567. The number of piperidine rings is 1. The Balaban J connectivity index is 1.39. The molecule has 4 nitrogen and oxygen atoms in total. The second kappa shape index (κ2) is 9.62. The summed E-state index contributed by atoms with van der Waals surface area (Å²) in [6, 6.07) is 14.4. The minimum atomic E-state index is 0.215. The van der Waals surface area contributed by atoms with Gasteiger partial charge in [-0.25, -0.2) is 0 Å². The van der Waals surface area contributed by atoms with E-state index >= 15 is 0 Å². The molecule has 3 atom stereocenters. The lowest BCUT2D eigenvalue weighted by Crippen LogP contribution is -2.44. The summed E-state index contributed by atoms with van der Waals surface area (Å²) in [5.41, 5.74) is 1.92. The van der Waals surface area contributed by atoms with Crippen LogP contribution in [0, 0.1) is 23.2 Å². The summed E-state index contributed by atoms with van der Waals surface area (Å²) < 4.78 is 6.41. The van der Waals surface area contributed by atoms with Crippen LogP contribution in [-0.2, 0) is 0 Å². The summed E-state index contributed by atoms with van der Waals surface area (Å²) in [7, 11) is 0. The maximum Gasteiger partial charge on any atom is 0.138 e. The first kappa shape index (κ1) is 23.2. The van der Waals surface area contributed by atoms with Crippen molar-refractivity contribution in [2.45, 2.75) is 95.9 Å². The van der Waals surface area contributed by atoms with Crippen molar-refractivity contribution >= 4 is 10.8 Å². The molecular formula is C30H38N2O2. The molecule has 2 bridgehead atoms. The highest BCUT2D eigenvalue weighted by Gasteiger charge is 2.43. The standard InChI is InChI=1S/C30H38N2O2/c1-4-21-5-12-27(13-6-21)34-30-14-9-22-7-8-23(17-28(22)29(30)18-31)19(2)32-25-10-11-26(32)16-24(15-25)20(3)33/h7-9,14,17,19,21,24-27,33H,3-6,10-13,15-16H2,1-2H3/t19?,21-,24?,25?,26?,27+. The monoisotopic (exact) mass is 458 g/mol. The Hall–Kier alpha value is -2.51. The van der Waals surface area contributed by atoms with Crippen molar-refractivity contribution in [3.05, 3.63) is 53.8 Å². The maximum absolute atomic E-state index is 10.1. The fourth-order valence-electron chi connectivity index (χ4n) is 6.92. The first-order valence-corrected chi connectivity index (χ1v) is 13.3. The van der Waals surface area contributed by atoms with Gasteiger partial charge in [0.2, 0.25) is 0 Å². The number of hydrogen-bond acceptors (Lipinski definition) is 4. The quantitative estimate of drug-likeness (QED) is 0.457. The van der Waals surface area contributed by atoms with E-state index in [2.05, 4.69) is 55.7 Å². The second-order valence-electron chi connectivity index (χ2n) is 10.9. The summed E-state index contributed by atoms with van der Waals surface area (Å²) in [5, 5.41) is 22.2. The number of aliphatic hydroxyl groups excluding tert-OH is 1. The highest BCUT2D eigenvalue weighted by molar-refractivity contribution is 5.90. The zero-order valence-corrected chi connectivity index (χ0v) is 20.7. The lowest BCUT2D eigenvalue weighted by molar-refractivity contribution is 0.0639. The molecule has 5 rings (SSSR count). The summed E-state index contributed by atoms with van der Waals surface area (Å²) in [6.07, 6.45) is 10.4. The van der Waals surface area contributed by atoms with E-state index in [9.17, 15) is 10.4 Å². The molecule has 0 radical (unpaired) electrons. The normalized spacial score (nSPS) is 30.1. The van der Waals surface area contributed by atoms with Crippen molar-refractivity contribution in [3.8, 4) is 11.8 Å². The average molecular weight is 459 g/mol. The Morgan fingerprint density at radius 1 is 1.12 bits per heavy atom. The van der Waals surface area contributed by atoms with Crippen LogP contribution in [-0.4, -0.2) is 28.2 Å². The zero-order valence-electron chi connectivity index (χ0n) is 20.7. The molecule has 2 saturated heterocycles. The molecule has 0 aromatic heterocycles.